The highest BCUT2D eigenvalue weighted by Crippen LogP contribution is 2.49. The summed E-state index contributed by atoms with van der Waals surface area (Å²) in [5, 5.41) is 0. The number of carbonyl (C=O) groups excluding carboxylic acids is 1. The Morgan fingerprint density at radius 3 is 2.50 bits per heavy atom. The van der Waals surface area contributed by atoms with Crippen molar-refractivity contribution in [2.24, 2.45) is 0 Å². The van der Waals surface area contributed by atoms with Crippen LogP contribution in [0.2, 0.25) is 0 Å². The normalized spacial score (nSPS) is 30.3. The van der Waals surface area contributed by atoms with Gasteiger partial charge in [-0.25, -0.2) is 0 Å². The van der Waals surface area contributed by atoms with Gasteiger partial charge in [-0.05, 0) is 19.3 Å². The summed E-state index contributed by atoms with van der Waals surface area (Å²) in [6.07, 6.45) is 14.9. The van der Waals surface area contributed by atoms with Crippen molar-refractivity contribution in [1.82, 2.24) is 0 Å². The Balaban J connectivity index is 1.48. The van der Waals surface area contributed by atoms with Crippen molar-refractivity contribution in [1.29, 1.82) is 0 Å². The first-order valence-electron chi connectivity index (χ1n) is 7.99. The molecule has 1 saturated heterocycles. The third-order valence-electron chi connectivity index (χ3n) is 4.54. The standard InChI is InChI=1S/C16H28O2/c1-2-3-4-5-6-7-8-9-12-16-13-10-11-14(17)15(16)18-16/h15H,2-13H2,1H3. The second-order valence-electron chi connectivity index (χ2n) is 6.11. The van der Waals surface area contributed by atoms with Gasteiger partial charge in [-0.15, -0.1) is 0 Å². The molecule has 2 aliphatic rings. The van der Waals surface area contributed by atoms with E-state index in [2.05, 4.69) is 6.92 Å². The van der Waals surface area contributed by atoms with E-state index < -0.39 is 0 Å². The van der Waals surface area contributed by atoms with Crippen molar-refractivity contribution >= 4 is 5.78 Å². The highest BCUT2D eigenvalue weighted by molar-refractivity contribution is 5.87. The summed E-state index contributed by atoms with van der Waals surface area (Å²) in [4.78, 5) is 11.6. The van der Waals surface area contributed by atoms with Gasteiger partial charge in [-0.2, -0.15) is 0 Å². The fraction of sp³-hybridized carbons (Fsp3) is 0.938. The molecule has 2 unspecified atom stereocenters. The zero-order valence-electron chi connectivity index (χ0n) is 11.9. The lowest BCUT2D eigenvalue weighted by Crippen LogP contribution is -2.26. The molecule has 0 amide bonds. The lowest BCUT2D eigenvalue weighted by molar-refractivity contribution is -0.120. The molecule has 0 aromatic heterocycles. The number of carbonyl (C=O) groups is 1. The average molecular weight is 252 g/mol. The highest BCUT2D eigenvalue weighted by atomic mass is 16.6. The summed E-state index contributed by atoms with van der Waals surface area (Å²) < 4.78 is 5.69. The van der Waals surface area contributed by atoms with Crippen molar-refractivity contribution < 1.29 is 9.53 Å². The number of epoxide rings is 1. The smallest absolute Gasteiger partial charge is 0.164 e. The molecule has 2 atom stereocenters. The minimum absolute atomic E-state index is 0.00388. The fourth-order valence-corrected chi connectivity index (χ4v) is 3.32. The van der Waals surface area contributed by atoms with Gasteiger partial charge < -0.3 is 4.74 Å². The van der Waals surface area contributed by atoms with Crippen LogP contribution >= 0.6 is 0 Å². The van der Waals surface area contributed by atoms with Crippen LogP contribution in [0.3, 0.4) is 0 Å². The maximum Gasteiger partial charge on any atom is 0.164 e. The van der Waals surface area contributed by atoms with Crippen LogP contribution in [0.1, 0.15) is 84.0 Å². The van der Waals surface area contributed by atoms with Crippen LogP contribution in [0.25, 0.3) is 0 Å². The Hall–Kier alpha value is -0.370. The minimum atomic E-state index is -0.00388. The summed E-state index contributed by atoms with van der Waals surface area (Å²) in [5.41, 5.74) is 0.0115. The molecule has 0 aromatic rings. The SMILES string of the molecule is CCCCCCCCCCC12CCCC(=O)C1O2. The molecule has 1 heterocycles. The Morgan fingerprint density at radius 1 is 1.11 bits per heavy atom. The van der Waals surface area contributed by atoms with Crippen molar-refractivity contribution in [2.75, 3.05) is 0 Å². The molecule has 0 N–H and O–H groups in total. The van der Waals surface area contributed by atoms with Crippen LogP contribution in [0.4, 0.5) is 0 Å². The van der Waals surface area contributed by atoms with Crippen molar-refractivity contribution in [2.45, 2.75) is 95.7 Å². The van der Waals surface area contributed by atoms with Gasteiger partial charge in [0.25, 0.3) is 0 Å². The van der Waals surface area contributed by atoms with E-state index in [0.29, 0.717) is 5.78 Å². The zero-order valence-corrected chi connectivity index (χ0v) is 11.9. The number of rotatable bonds is 9. The summed E-state index contributed by atoms with van der Waals surface area (Å²) in [6.45, 7) is 2.26. The molecular weight excluding hydrogens is 224 g/mol. The molecule has 1 saturated carbocycles. The molecule has 2 fully saturated rings. The summed E-state index contributed by atoms with van der Waals surface area (Å²) in [5.74, 6) is 0.362. The lowest BCUT2D eigenvalue weighted by atomic mass is 9.84. The Labute approximate surface area is 111 Å². The quantitative estimate of drug-likeness (QED) is 0.449. The van der Waals surface area contributed by atoms with Gasteiger partial charge in [0.1, 0.15) is 11.7 Å². The van der Waals surface area contributed by atoms with Gasteiger partial charge in [0.2, 0.25) is 0 Å². The number of ether oxygens (including phenoxy) is 1. The molecule has 0 radical (unpaired) electrons. The van der Waals surface area contributed by atoms with Crippen LogP contribution in [0, 0.1) is 0 Å². The predicted octanol–water partition coefficient (Wildman–Crippen LogP) is 4.41. The molecule has 0 aromatic carbocycles. The Bertz CT molecular complexity index is 274. The second kappa shape index (κ2) is 6.70. The Kier molecular flexibility index (Phi) is 5.23. The van der Waals surface area contributed by atoms with Gasteiger partial charge in [0, 0.05) is 6.42 Å². The van der Waals surface area contributed by atoms with E-state index in [9.17, 15) is 4.79 Å². The molecule has 0 bridgehead atoms. The van der Waals surface area contributed by atoms with Crippen LogP contribution < -0.4 is 0 Å². The molecular formula is C16H28O2. The molecule has 2 nitrogen and oxygen atoms in total. The molecule has 1 aliphatic heterocycles. The van der Waals surface area contributed by atoms with Crippen molar-refractivity contribution in [3.05, 3.63) is 0 Å². The highest BCUT2D eigenvalue weighted by Gasteiger charge is 2.60. The third-order valence-corrected chi connectivity index (χ3v) is 4.54. The number of fused-ring (bicyclic) bond motifs is 1. The van der Waals surface area contributed by atoms with E-state index >= 15 is 0 Å². The largest absolute Gasteiger partial charge is 0.358 e. The van der Waals surface area contributed by atoms with Gasteiger partial charge in [0.05, 0.1) is 0 Å². The number of unbranched alkanes of at least 4 members (excludes halogenated alkanes) is 7. The maximum atomic E-state index is 11.6. The molecule has 1 aliphatic carbocycles. The van der Waals surface area contributed by atoms with Crippen LogP contribution in [-0.4, -0.2) is 17.5 Å². The van der Waals surface area contributed by atoms with E-state index in [4.69, 9.17) is 4.74 Å². The second-order valence-corrected chi connectivity index (χ2v) is 6.11. The van der Waals surface area contributed by atoms with Gasteiger partial charge in [-0.3, -0.25) is 4.79 Å². The monoisotopic (exact) mass is 252 g/mol. The van der Waals surface area contributed by atoms with Gasteiger partial charge >= 0.3 is 0 Å². The van der Waals surface area contributed by atoms with Crippen molar-refractivity contribution in [3.8, 4) is 0 Å². The van der Waals surface area contributed by atoms with Crippen LogP contribution in [0.15, 0.2) is 0 Å². The Morgan fingerprint density at radius 2 is 1.78 bits per heavy atom. The third kappa shape index (κ3) is 3.57. The predicted molar refractivity (Wildman–Crippen MR) is 73.7 cm³/mol. The first-order chi connectivity index (χ1) is 8.78. The molecule has 18 heavy (non-hydrogen) atoms. The molecule has 2 heteroatoms. The first kappa shape index (κ1) is 14.0. The minimum Gasteiger partial charge on any atom is -0.358 e. The molecule has 2 rings (SSSR count). The molecule has 0 spiro atoms. The van der Waals surface area contributed by atoms with Gasteiger partial charge in [0.15, 0.2) is 5.78 Å². The summed E-state index contributed by atoms with van der Waals surface area (Å²) in [6, 6.07) is 0. The van der Waals surface area contributed by atoms with E-state index in [1.165, 1.54) is 51.4 Å². The first-order valence-corrected chi connectivity index (χ1v) is 7.99. The summed E-state index contributed by atoms with van der Waals surface area (Å²) in [7, 11) is 0. The maximum absolute atomic E-state index is 11.6. The van der Waals surface area contributed by atoms with Crippen LogP contribution in [0.5, 0.6) is 0 Å². The van der Waals surface area contributed by atoms with Gasteiger partial charge in [-0.1, -0.05) is 58.3 Å². The van der Waals surface area contributed by atoms with E-state index in [1.807, 2.05) is 0 Å². The van der Waals surface area contributed by atoms with Crippen LogP contribution in [-0.2, 0) is 9.53 Å². The fourth-order valence-electron chi connectivity index (χ4n) is 3.32. The summed E-state index contributed by atoms with van der Waals surface area (Å²) >= 11 is 0. The number of ketones is 1. The number of hydrogen-bond donors (Lipinski definition) is 0. The zero-order chi connectivity index (χ0) is 12.8. The molecule has 104 valence electrons. The van der Waals surface area contributed by atoms with Crippen molar-refractivity contribution in [3.63, 3.8) is 0 Å². The number of hydrogen-bond acceptors (Lipinski definition) is 2. The lowest BCUT2D eigenvalue weighted by Gasteiger charge is -2.16. The topological polar surface area (TPSA) is 29.6 Å². The van der Waals surface area contributed by atoms with E-state index in [0.717, 1.165) is 25.7 Å². The number of Topliss-reactive ketones (excluding diaryl/α,β-unsaturated/α-hetero) is 1. The van der Waals surface area contributed by atoms with E-state index in [-0.39, 0.29) is 11.7 Å². The van der Waals surface area contributed by atoms with E-state index in [1.54, 1.807) is 0 Å². The average Bonchev–Trinajstić information content (AvgIpc) is 3.09.